The largest absolute Gasteiger partial charge is 0.352 e. The lowest BCUT2D eigenvalue weighted by molar-refractivity contribution is 0.0938. The summed E-state index contributed by atoms with van der Waals surface area (Å²) in [6.07, 6.45) is 2.37. The van der Waals surface area contributed by atoms with Crippen molar-refractivity contribution in [3.63, 3.8) is 0 Å². The smallest absolute Gasteiger partial charge is 0.252 e. The number of likely N-dealkylation sites (tertiary alicyclic amines) is 1. The summed E-state index contributed by atoms with van der Waals surface area (Å²) in [4.78, 5) is 14.4. The highest BCUT2D eigenvalue weighted by Gasteiger charge is 2.17. The molecule has 0 aliphatic carbocycles. The van der Waals surface area contributed by atoms with Gasteiger partial charge < -0.3 is 10.2 Å². The summed E-state index contributed by atoms with van der Waals surface area (Å²) >= 11 is 2.20. The quantitative estimate of drug-likeness (QED) is 0.842. The Kier molecular flexibility index (Phi) is 5.00. The maximum atomic E-state index is 12.0. The molecule has 0 unspecified atom stereocenters. The van der Waals surface area contributed by atoms with Crippen molar-refractivity contribution in [3.8, 4) is 0 Å². The number of nitrogens with one attached hydrogen (secondary N) is 1. The fourth-order valence-corrected chi connectivity index (χ4v) is 2.88. The Morgan fingerprint density at radius 2 is 2.06 bits per heavy atom. The lowest BCUT2D eigenvalue weighted by Gasteiger charge is -2.28. The number of amides is 1. The predicted molar refractivity (Wildman–Crippen MR) is 81.7 cm³/mol. The molecular weight excluding hydrogens is 339 g/mol. The minimum atomic E-state index is 0.0546. The van der Waals surface area contributed by atoms with Crippen LogP contribution in [0.2, 0.25) is 0 Å². The van der Waals surface area contributed by atoms with Gasteiger partial charge in [0, 0.05) is 10.1 Å². The maximum Gasteiger partial charge on any atom is 0.252 e. The van der Waals surface area contributed by atoms with Crippen LogP contribution in [0.1, 0.15) is 23.2 Å². The van der Waals surface area contributed by atoms with E-state index >= 15 is 0 Å². The van der Waals surface area contributed by atoms with Crippen LogP contribution in [0.25, 0.3) is 0 Å². The molecule has 1 aliphatic heterocycles. The van der Waals surface area contributed by atoms with E-state index in [1.165, 1.54) is 12.8 Å². The Balaban J connectivity index is 1.84. The molecule has 2 rings (SSSR count). The number of carbonyl (C=O) groups excluding carboxylic acids is 1. The first-order chi connectivity index (χ1) is 8.66. The van der Waals surface area contributed by atoms with Gasteiger partial charge in [-0.05, 0) is 73.6 Å². The van der Waals surface area contributed by atoms with Gasteiger partial charge in [0.2, 0.25) is 0 Å². The number of carbonyl (C=O) groups is 1. The number of nitrogens with zero attached hydrogens (tertiary/aromatic N) is 1. The summed E-state index contributed by atoms with van der Waals surface area (Å²) in [7, 11) is 2.15. The number of piperidine rings is 1. The van der Waals surface area contributed by atoms with E-state index in [-0.39, 0.29) is 5.91 Å². The summed E-state index contributed by atoms with van der Waals surface area (Å²) < 4.78 is 1.01. The third kappa shape index (κ3) is 3.68. The van der Waals surface area contributed by atoms with E-state index in [0.29, 0.717) is 5.92 Å². The topological polar surface area (TPSA) is 32.3 Å². The van der Waals surface area contributed by atoms with Crippen LogP contribution in [-0.2, 0) is 0 Å². The van der Waals surface area contributed by atoms with Gasteiger partial charge in [-0.2, -0.15) is 0 Å². The molecule has 1 amide bonds. The molecule has 1 aromatic rings. The number of hydrogen-bond donors (Lipinski definition) is 1. The van der Waals surface area contributed by atoms with Crippen LogP contribution in [0.4, 0.5) is 0 Å². The third-order valence-electron chi connectivity index (χ3n) is 3.51. The van der Waals surface area contributed by atoms with Crippen molar-refractivity contribution in [1.29, 1.82) is 0 Å². The predicted octanol–water partition coefficient (Wildman–Crippen LogP) is 2.36. The first-order valence-corrected chi connectivity index (χ1v) is 7.46. The lowest BCUT2D eigenvalue weighted by atomic mass is 9.97. The second kappa shape index (κ2) is 6.52. The van der Waals surface area contributed by atoms with Gasteiger partial charge in [-0.25, -0.2) is 0 Å². The van der Waals surface area contributed by atoms with E-state index in [1.807, 2.05) is 24.3 Å². The zero-order valence-electron chi connectivity index (χ0n) is 10.7. The maximum absolute atomic E-state index is 12.0. The molecule has 0 bridgehead atoms. The molecule has 0 spiro atoms. The fourth-order valence-electron chi connectivity index (χ4n) is 2.24. The Morgan fingerprint density at radius 1 is 1.39 bits per heavy atom. The average Bonchev–Trinajstić information content (AvgIpc) is 2.38. The molecule has 98 valence electrons. The Hall–Kier alpha value is -0.620. The molecule has 1 fully saturated rings. The van der Waals surface area contributed by atoms with Gasteiger partial charge in [-0.1, -0.05) is 12.1 Å². The Labute approximate surface area is 122 Å². The monoisotopic (exact) mass is 358 g/mol. The minimum absolute atomic E-state index is 0.0546. The van der Waals surface area contributed by atoms with E-state index < -0.39 is 0 Å². The molecule has 4 heteroatoms. The number of rotatable bonds is 3. The summed E-state index contributed by atoms with van der Waals surface area (Å²) in [5.74, 6) is 0.686. The van der Waals surface area contributed by atoms with E-state index in [9.17, 15) is 4.79 Å². The molecule has 1 heterocycles. The lowest BCUT2D eigenvalue weighted by Crippen LogP contribution is -2.37. The van der Waals surface area contributed by atoms with Crippen molar-refractivity contribution in [2.24, 2.45) is 5.92 Å². The first-order valence-electron chi connectivity index (χ1n) is 6.38. The zero-order chi connectivity index (χ0) is 13.0. The summed E-state index contributed by atoms with van der Waals surface area (Å²) in [5, 5.41) is 3.06. The van der Waals surface area contributed by atoms with Gasteiger partial charge in [0.25, 0.3) is 5.91 Å². The van der Waals surface area contributed by atoms with Gasteiger partial charge >= 0.3 is 0 Å². The van der Waals surface area contributed by atoms with Crippen molar-refractivity contribution < 1.29 is 4.79 Å². The fraction of sp³-hybridized carbons (Fsp3) is 0.500. The molecule has 1 N–H and O–H groups in total. The van der Waals surface area contributed by atoms with Crippen LogP contribution in [-0.4, -0.2) is 37.5 Å². The zero-order valence-corrected chi connectivity index (χ0v) is 12.8. The number of benzene rings is 1. The highest BCUT2D eigenvalue weighted by molar-refractivity contribution is 14.1. The van der Waals surface area contributed by atoms with Crippen molar-refractivity contribution >= 4 is 28.5 Å². The van der Waals surface area contributed by atoms with Gasteiger partial charge in [-0.15, -0.1) is 0 Å². The molecule has 18 heavy (non-hydrogen) atoms. The normalized spacial score (nSPS) is 17.7. The van der Waals surface area contributed by atoms with Crippen molar-refractivity contribution in [1.82, 2.24) is 10.2 Å². The SMILES string of the molecule is CN1CCC(CNC(=O)c2ccccc2I)CC1. The van der Waals surface area contributed by atoms with Crippen LogP contribution in [0.5, 0.6) is 0 Å². The molecule has 1 aromatic carbocycles. The van der Waals surface area contributed by atoms with Crippen LogP contribution in [0.3, 0.4) is 0 Å². The summed E-state index contributed by atoms with van der Waals surface area (Å²) in [5.41, 5.74) is 0.783. The first kappa shape index (κ1) is 13.8. The molecule has 0 aromatic heterocycles. The van der Waals surface area contributed by atoms with Crippen LogP contribution < -0.4 is 5.32 Å². The molecule has 3 nitrogen and oxygen atoms in total. The van der Waals surface area contributed by atoms with E-state index in [1.54, 1.807) is 0 Å². The third-order valence-corrected chi connectivity index (χ3v) is 4.45. The molecular formula is C14H19IN2O. The Morgan fingerprint density at radius 3 is 2.72 bits per heavy atom. The molecule has 1 saturated heterocycles. The van der Waals surface area contributed by atoms with Gasteiger partial charge in [0.15, 0.2) is 0 Å². The second-order valence-corrected chi connectivity index (χ2v) is 6.10. The van der Waals surface area contributed by atoms with Gasteiger partial charge in [-0.3, -0.25) is 4.79 Å². The molecule has 1 aliphatic rings. The van der Waals surface area contributed by atoms with Gasteiger partial charge in [0.1, 0.15) is 0 Å². The van der Waals surface area contributed by atoms with Crippen molar-refractivity contribution in [2.45, 2.75) is 12.8 Å². The Bertz CT molecular complexity index is 414. The van der Waals surface area contributed by atoms with Crippen LogP contribution in [0, 0.1) is 9.49 Å². The van der Waals surface area contributed by atoms with Gasteiger partial charge in [0.05, 0.1) is 5.56 Å². The molecule has 0 atom stereocenters. The highest BCUT2D eigenvalue weighted by atomic mass is 127. The highest BCUT2D eigenvalue weighted by Crippen LogP contribution is 2.16. The molecule has 0 radical (unpaired) electrons. The molecule has 0 saturated carbocycles. The minimum Gasteiger partial charge on any atom is -0.352 e. The average molecular weight is 358 g/mol. The second-order valence-electron chi connectivity index (χ2n) is 4.94. The summed E-state index contributed by atoms with van der Waals surface area (Å²) in [6.45, 7) is 3.09. The van der Waals surface area contributed by atoms with Crippen LogP contribution >= 0.6 is 22.6 Å². The van der Waals surface area contributed by atoms with E-state index in [0.717, 1.165) is 28.8 Å². The van der Waals surface area contributed by atoms with Crippen LogP contribution in [0.15, 0.2) is 24.3 Å². The van der Waals surface area contributed by atoms with E-state index in [4.69, 9.17) is 0 Å². The number of halogens is 1. The number of hydrogen-bond acceptors (Lipinski definition) is 2. The van der Waals surface area contributed by atoms with Crippen molar-refractivity contribution in [2.75, 3.05) is 26.7 Å². The standard InChI is InChI=1S/C14H19IN2O/c1-17-8-6-11(7-9-17)10-16-14(18)12-4-2-3-5-13(12)15/h2-5,11H,6-10H2,1H3,(H,16,18). The summed E-state index contributed by atoms with van der Waals surface area (Å²) in [6, 6.07) is 7.71. The van der Waals surface area contributed by atoms with E-state index in [2.05, 4.69) is 39.9 Å². The van der Waals surface area contributed by atoms with Crippen molar-refractivity contribution in [3.05, 3.63) is 33.4 Å².